The van der Waals surface area contributed by atoms with E-state index in [1.54, 1.807) is 25.8 Å². The third kappa shape index (κ3) is 5.44. The molecule has 0 aromatic rings. The van der Waals surface area contributed by atoms with Crippen LogP contribution >= 0.6 is 0 Å². The molecule has 0 N–H and O–H groups in total. The molecule has 1 atom stereocenters. The summed E-state index contributed by atoms with van der Waals surface area (Å²) in [5.74, 6) is -0.446. The van der Waals surface area contributed by atoms with Crippen molar-refractivity contribution in [3.05, 3.63) is 0 Å². The largest absolute Gasteiger partial charge is 0.468 e. The maximum Gasteiger partial charge on any atom is 0.331 e. The van der Waals surface area contributed by atoms with Gasteiger partial charge in [-0.1, -0.05) is 0 Å². The van der Waals surface area contributed by atoms with Crippen LogP contribution in [0, 0.1) is 0 Å². The Kier molecular flexibility index (Phi) is 7.96. The fourth-order valence-electron chi connectivity index (χ4n) is 1.40. The Morgan fingerprint density at radius 1 is 1.47 bits per heavy atom. The number of carbonyl (C=O) groups excluding carboxylic acids is 3. The van der Waals surface area contributed by atoms with E-state index in [1.807, 2.05) is 0 Å². The summed E-state index contributed by atoms with van der Waals surface area (Å²) >= 11 is 0. The quantitative estimate of drug-likeness (QED) is 0.394. The van der Waals surface area contributed by atoms with Crippen LogP contribution in [0.5, 0.6) is 0 Å². The monoisotopic (exact) mass is 245 g/mol. The lowest BCUT2D eigenvalue weighted by atomic mass is 10.2. The number of hydrogen-bond donors (Lipinski definition) is 0. The molecule has 0 saturated carbocycles. The molecular weight excluding hydrogens is 226 g/mol. The summed E-state index contributed by atoms with van der Waals surface area (Å²) in [5, 5.41) is 0. The van der Waals surface area contributed by atoms with E-state index < -0.39 is 12.0 Å². The molecule has 0 bridgehead atoms. The number of rotatable bonds is 4. The molecule has 0 aromatic carbocycles. The first-order valence-electron chi connectivity index (χ1n) is 5.53. The zero-order valence-corrected chi connectivity index (χ0v) is 10.5. The molecule has 0 amide bonds. The number of nitrogens with zero attached hydrogens (tertiary/aromatic N) is 1. The van der Waals surface area contributed by atoms with Gasteiger partial charge in [0.15, 0.2) is 11.8 Å². The maximum atomic E-state index is 11.2. The maximum absolute atomic E-state index is 11.2. The van der Waals surface area contributed by atoms with Crippen molar-refractivity contribution < 1.29 is 23.9 Å². The van der Waals surface area contributed by atoms with E-state index in [4.69, 9.17) is 4.74 Å². The first kappa shape index (κ1) is 15.6. The van der Waals surface area contributed by atoms with E-state index in [1.165, 1.54) is 0 Å². The predicted octanol–water partition coefficient (Wildman–Crippen LogP) is 0.00200. The summed E-state index contributed by atoms with van der Waals surface area (Å²) in [6, 6.07) is -0.648. The molecule has 0 radical (unpaired) electrons. The van der Waals surface area contributed by atoms with Gasteiger partial charge >= 0.3 is 5.97 Å². The second kappa shape index (κ2) is 8.69. The molecule has 1 fully saturated rings. The van der Waals surface area contributed by atoms with Gasteiger partial charge in [-0.15, -0.1) is 0 Å². The molecule has 1 aliphatic rings. The van der Waals surface area contributed by atoms with Crippen molar-refractivity contribution in [1.82, 2.24) is 4.90 Å². The van der Waals surface area contributed by atoms with Crippen molar-refractivity contribution in [3.8, 4) is 0 Å². The van der Waals surface area contributed by atoms with Crippen molar-refractivity contribution in [1.29, 1.82) is 0 Å². The summed E-state index contributed by atoms with van der Waals surface area (Å²) in [6.07, 6.45) is 0.458. The van der Waals surface area contributed by atoms with Gasteiger partial charge in [-0.25, -0.2) is 4.79 Å². The molecule has 98 valence electrons. The Balaban J connectivity index is 0.000000437. The highest BCUT2D eigenvalue weighted by Crippen LogP contribution is 2.12. The van der Waals surface area contributed by atoms with E-state index in [9.17, 15) is 14.4 Å². The Morgan fingerprint density at radius 2 is 2.12 bits per heavy atom. The number of likely N-dealkylation sites (tertiary alicyclic amines) is 1. The highest BCUT2D eigenvalue weighted by Gasteiger charge is 2.36. The summed E-state index contributed by atoms with van der Waals surface area (Å²) in [4.78, 5) is 33.2. The summed E-state index contributed by atoms with van der Waals surface area (Å²) < 4.78 is 8.92. The third-order valence-electron chi connectivity index (χ3n) is 2.20. The Bertz CT molecular complexity index is 267. The summed E-state index contributed by atoms with van der Waals surface area (Å²) in [7, 11) is 1.76. The standard InChI is InChI=1S/C8H13NO3.C3H6O2/c1-3-12-8(11)7-6(10)4-5-9(7)2;1-2-5-3-4/h7H,3-5H2,1-2H3;3H,2H2,1H3. The number of hydrogen-bond acceptors (Lipinski definition) is 6. The highest BCUT2D eigenvalue weighted by atomic mass is 16.5. The molecule has 6 nitrogen and oxygen atoms in total. The Morgan fingerprint density at radius 3 is 2.41 bits per heavy atom. The van der Waals surface area contributed by atoms with Crippen molar-refractivity contribution in [2.45, 2.75) is 26.3 Å². The average molecular weight is 245 g/mol. The molecule has 0 spiro atoms. The zero-order chi connectivity index (χ0) is 13.3. The molecule has 1 heterocycles. The number of esters is 1. The molecule has 1 aliphatic heterocycles. The first-order chi connectivity index (χ1) is 8.08. The number of ketones is 1. The van der Waals surface area contributed by atoms with Crippen LogP contribution in [-0.2, 0) is 23.9 Å². The van der Waals surface area contributed by atoms with Crippen LogP contribution < -0.4 is 0 Å². The van der Waals surface area contributed by atoms with Crippen LogP contribution in [0.3, 0.4) is 0 Å². The minimum atomic E-state index is -0.648. The fraction of sp³-hybridized carbons (Fsp3) is 0.727. The molecule has 0 aromatic heterocycles. The average Bonchev–Trinajstić information content (AvgIpc) is 2.61. The lowest BCUT2D eigenvalue weighted by molar-refractivity contribution is -0.150. The Labute approximate surface area is 101 Å². The van der Waals surface area contributed by atoms with Gasteiger partial charge in [-0.2, -0.15) is 0 Å². The van der Waals surface area contributed by atoms with Crippen LogP contribution in [0.2, 0.25) is 0 Å². The van der Waals surface area contributed by atoms with E-state index >= 15 is 0 Å². The van der Waals surface area contributed by atoms with Gasteiger partial charge in [-0.3, -0.25) is 14.5 Å². The molecule has 0 aliphatic carbocycles. The molecule has 17 heavy (non-hydrogen) atoms. The molecule has 1 rings (SSSR count). The molecular formula is C11H19NO5. The van der Waals surface area contributed by atoms with Gasteiger partial charge in [0, 0.05) is 13.0 Å². The highest BCUT2D eigenvalue weighted by molar-refractivity contribution is 6.04. The lowest BCUT2D eigenvalue weighted by Crippen LogP contribution is -2.38. The van der Waals surface area contributed by atoms with Gasteiger partial charge in [-0.05, 0) is 20.9 Å². The SMILES string of the molecule is CCOC(=O)C1C(=O)CCN1C.CCOC=O. The minimum Gasteiger partial charge on any atom is -0.468 e. The van der Waals surface area contributed by atoms with E-state index in [-0.39, 0.29) is 5.78 Å². The van der Waals surface area contributed by atoms with Gasteiger partial charge in [0.05, 0.1) is 13.2 Å². The molecule has 1 unspecified atom stereocenters. The number of ether oxygens (including phenoxy) is 2. The zero-order valence-electron chi connectivity index (χ0n) is 10.5. The second-order valence-corrected chi connectivity index (χ2v) is 3.40. The van der Waals surface area contributed by atoms with Crippen molar-refractivity contribution >= 4 is 18.2 Å². The van der Waals surface area contributed by atoms with Crippen LogP contribution in [0.15, 0.2) is 0 Å². The van der Waals surface area contributed by atoms with Crippen LogP contribution in [0.4, 0.5) is 0 Å². The van der Waals surface area contributed by atoms with Crippen molar-refractivity contribution in [3.63, 3.8) is 0 Å². The Hall–Kier alpha value is -1.43. The van der Waals surface area contributed by atoms with Crippen molar-refractivity contribution in [2.75, 3.05) is 26.8 Å². The summed E-state index contributed by atoms with van der Waals surface area (Å²) in [6.45, 7) is 5.38. The van der Waals surface area contributed by atoms with E-state index in [0.717, 1.165) is 0 Å². The van der Waals surface area contributed by atoms with Gasteiger partial charge in [0.1, 0.15) is 0 Å². The lowest BCUT2D eigenvalue weighted by Gasteiger charge is -2.15. The van der Waals surface area contributed by atoms with Crippen LogP contribution in [-0.4, -0.2) is 56.0 Å². The van der Waals surface area contributed by atoms with E-state index in [0.29, 0.717) is 32.7 Å². The van der Waals surface area contributed by atoms with Crippen LogP contribution in [0.25, 0.3) is 0 Å². The predicted molar refractivity (Wildman–Crippen MR) is 60.4 cm³/mol. The number of carbonyl (C=O) groups is 3. The fourth-order valence-corrected chi connectivity index (χ4v) is 1.40. The van der Waals surface area contributed by atoms with Gasteiger partial charge in [0.25, 0.3) is 6.47 Å². The normalized spacial score (nSPS) is 19.2. The van der Waals surface area contributed by atoms with Gasteiger partial charge in [0.2, 0.25) is 0 Å². The second-order valence-electron chi connectivity index (χ2n) is 3.40. The molecule has 6 heteroatoms. The topological polar surface area (TPSA) is 72.9 Å². The van der Waals surface area contributed by atoms with Crippen LogP contribution in [0.1, 0.15) is 20.3 Å². The molecule has 1 saturated heterocycles. The summed E-state index contributed by atoms with van der Waals surface area (Å²) in [5.41, 5.74) is 0. The first-order valence-corrected chi connectivity index (χ1v) is 5.53. The number of likely N-dealkylation sites (N-methyl/N-ethyl adjacent to an activating group) is 1. The van der Waals surface area contributed by atoms with E-state index in [2.05, 4.69) is 4.74 Å². The van der Waals surface area contributed by atoms with Gasteiger partial charge < -0.3 is 9.47 Å². The van der Waals surface area contributed by atoms with Crippen molar-refractivity contribution in [2.24, 2.45) is 0 Å². The smallest absolute Gasteiger partial charge is 0.331 e. The third-order valence-corrected chi connectivity index (χ3v) is 2.20. The number of Topliss-reactive ketones (excluding diaryl/α,β-unsaturated/α-hetero) is 1. The minimum absolute atomic E-state index is 0.0315.